The van der Waals surface area contributed by atoms with Gasteiger partial charge in [0.2, 0.25) is 0 Å². The van der Waals surface area contributed by atoms with E-state index in [1.165, 1.54) is 6.07 Å². The molecule has 23 heavy (non-hydrogen) atoms. The molecule has 0 aliphatic carbocycles. The summed E-state index contributed by atoms with van der Waals surface area (Å²) in [5.74, 6) is 0.297. The third-order valence-electron chi connectivity index (χ3n) is 3.86. The Hall–Kier alpha value is -1.98. The SMILES string of the molecule is CSc1cc(C)c(OBO)cc1-c1c(F)ccc2ccccc12. The summed E-state index contributed by atoms with van der Waals surface area (Å²) in [4.78, 5) is 0.975. The highest BCUT2D eigenvalue weighted by Gasteiger charge is 2.16. The molecule has 3 aromatic rings. The molecule has 0 spiro atoms. The van der Waals surface area contributed by atoms with Crippen molar-refractivity contribution in [3.63, 3.8) is 0 Å². The van der Waals surface area contributed by atoms with Crippen LogP contribution in [0.25, 0.3) is 21.9 Å². The highest BCUT2D eigenvalue weighted by Crippen LogP contribution is 2.40. The highest BCUT2D eigenvalue weighted by molar-refractivity contribution is 7.98. The number of benzene rings is 3. The number of aryl methyl sites for hydroxylation is 1. The predicted molar refractivity (Wildman–Crippen MR) is 95.9 cm³/mol. The maximum atomic E-state index is 14.6. The lowest BCUT2D eigenvalue weighted by Crippen LogP contribution is -2.02. The van der Waals surface area contributed by atoms with E-state index in [0.29, 0.717) is 11.3 Å². The van der Waals surface area contributed by atoms with Gasteiger partial charge in [0.05, 0.1) is 0 Å². The van der Waals surface area contributed by atoms with Crippen molar-refractivity contribution in [1.29, 1.82) is 0 Å². The third-order valence-corrected chi connectivity index (χ3v) is 4.64. The number of hydrogen-bond acceptors (Lipinski definition) is 3. The van der Waals surface area contributed by atoms with Crippen LogP contribution < -0.4 is 4.65 Å². The highest BCUT2D eigenvalue weighted by atomic mass is 32.2. The molecule has 0 aliphatic heterocycles. The van der Waals surface area contributed by atoms with Crippen LogP contribution in [0.2, 0.25) is 0 Å². The molecule has 0 amide bonds. The van der Waals surface area contributed by atoms with Gasteiger partial charge in [-0.3, -0.25) is 0 Å². The van der Waals surface area contributed by atoms with Crippen molar-refractivity contribution in [3.8, 4) is 16.9 Å². The van der Waals surface area contributed by atoms with E-state index in [2.05, 4.69) is 0 Å². The Labute approximate surface area is 139 Å². The Balaban J connectivity index is 2.33. The van der Waals surface area contributed by atoms with E-state index in [0.717, 1.165) is 26.8 Å². The molecule has 3 rings (SSSR count). The van der Waals surface area contributed by atoms with E-state index >= 15 is 0 Å². The molecule has 5 heteroatoms. The maximum absolute atomic E-state index is 14.6. The number of hydrogen-bond donors (Lipinski definition) is 1. The predicted octanol–water partition coefficient (Wildman–Crippen LogP) is 4.31. The van der Waals surface area contributed by atoms with Gasteiger partial charge in [0.1, 0.15) is 11.6 Å². The number of rotatable bonds is 4. The van der Waals surface area contributed by atoms with E-state index in [4.69, 9.17) is 9.68 Å². The summed E-state index contributed by atoms with van der Waals surface area (Å²) in [6.45, 7) is 1.91. The van der Waals surface area contributed by atoms with Gasteiger partial charge in [0, 0.05) is 16.0 Å². The van der Waals surface area contributed by atoms with Crippen LogP contribution in [0.3, 0.4) is 0 Å². The first-order chi connectivity index (χ1) is 11.2. The lowest BCUT2D eigenvalue weighted by atomic mass is 9.96. The molecule has 0 saturated carbocycles. The van der Waals surface area contributed by atoms with Gasteiger partial charge in [-0.25, -0.2) is 4.39 Å². The maximum Gasteiger partial charge on any atom is 0.504 e. The van der Waals surface area contributed by atoms with Gasteiger partial charge in [0.25, 0.3) is 0 Å². The van der Waals surface area contributed by atoms with Gasteiger partial charge in [-0.05, 0) is 47.7 Å². The van der Waals surface area contributed by atoms with Gasteiger partial charge in [-0.15, -0.1) is 11.8 Å². The van der Waals surface area contributed by atoms with Gasteiger partial charge >= 0.3 is 7.69 Å². The van der Waals surface area contributed by atoms with Gasteiger partial charge in [0.15, 0.2) is 0 Å². The minimum Gasteiger partial charge on any atom is -0.539 e. The zero-order valence-corrected chi connectivity index (χ0v) is 13.8. The van der Waals surface area contributed by atoms with Gasteiger partial charge < -0.3 is 9.68 Å². The van der Waals surface area contributed by atoms with Crippen molar-refractivity contribution in [3.05, 3.63) is 59.9 Å². The molecule has 3 aromatic carbocycles. The molecule has 0 unspecified atom stereocenters. The molecule has 0 bridgehead atoms. The summed E-state index contributed by atoms with van der Waals surface area (Å²) < 4.78 is 19.9. The molecule has 116 valence electrons. The van der Waals surface area contributed by atoms with Crippen LogP contribution >= 0.6 is 11.8 Å². The van der Waals surface area contributed by atoms with Crippen molar-refractivity contribution in [2.24, 2.45) is 0 Å². The molecular formula is C18H16BFO2S. The monoisotopic (exact) mass is 326 g/mol. The van der Waals surface area contributed by atoms with Crippen LogP contribution in [0.15, 0.2) is 53.4 Å². The molecule has 0 fully saturated rings. The molecule has 0 aliphatic rings. The lowest BCUT2D eigenvalue weighted by Gasteiger charge is -2.16. The van der Waals surface area contributed by atoms with E-state index in [9.17, 15) is 4.39 Å². The fourth-order valence-electron chi connectivity index (χ4n) is 2.77. The standard InChI is InChI=1S/C18H16BFO2S/c1-11-9-17(23-2)14(10-16(11)22-19-21)18-13-6-4-3-5-12(13)7-8-15(18)20/h3-10,19,21H,1-2H3. The van der Waals surface area contributed by atoms with E-state index in [1.54, 1.807) is 17.8 Å². The van der Waals surface area contributed by atoms with Gasteiger partial charge in [-0.1, -0.05) is 30.3 Å². The van der Waals surface area contributed by atoms with E-state index < -0.39 is 7.69 Å². The minimum atomic E-state index is -0.406. The normalized spacial score (nSPS) is 10.8. The van der Waals surface area contributed by atoms with Crippen LogP contribution in [-0.2, 0) is 0 Å². The van der Waals surface area contributed by atoms with Crippen molar-refractivity contribution in [2.45, 2.75) is 11.8 Å². The first-order valence-corrected chi connectivity index (χ1v) is 8.48. The molecule has 0 aromatic heterocycles. The molecule has 0 saturated heterocycles. The Morgan fingerprint density at radius 2 is 1.91 bits per heavy atom. The van der Waals surface area contributed by atoms with E-state index in [-0.39, 0.29) is 5.82 Å². The second-order valence-corrected chi connectivity index (χ2v) is 6.08. The summed E-state index contributed by atoms with van der Waals surface area (Å²) in [5, 5.41) is 10.9. The smallest absolute Gasteiger partial charge is 0.504 e. The zero-order chi connectivity index (χ0) is 16.4. The topological polar surface area (TPSA) is 29.5 Å². The summed E-state index contributed by atoms with van der Waals surface area (Å²) in [7, 11) is -0.406. The van der Waals surface area contributed by atoms with Crippen LogP contribution in [0.1, 0.15) is 5.56 Å². The van der Waals surface area contributed by atoms with Crippen LogP contribution in [0.5, 0.6) is 5.75 Å². The van der Waals surface area contributed by atoms with E-state index in [1.807, 2.05) is 49.6 Å². The summed E-state index contributed by atoms with van der Waals surface area (Å²) in [6, 6.07) is 14.8. The summed E-state index contributed by atoms with van der Waals surface area (Å²) in [6.07, 6.45) is 1.97. The fourth-order valence-corrected chi connectivity index (χ4v) is 3.45. The Kier molecular flexibility index (Phi) is 4.60. The largest absolute Gasteiger partial charge is 0.539 e. The second-order valence-electron chi connectivity index (χ2n) is 5.23. The van der Waals surface area contributed by atoms with Crippen LogP contribution in [0.4, 0.5) is 4.39 Å². The average molecular weight is 326 g/mol. The Morgan fingerprint density at radius 3 is 2.65 bits per heavy atom. The lowest BCUT2D eigenvalue weighted by molar-refractivity contribution is 0.451. The molecule has 1 N–H and O–H groups in total. The average Bonchev–Trinajstić information content (AvgIpc) is 2.57. The first-order valence-electron chi connectivity index (χ1n) is 7.25. The summed E-state index contributed by atoms with van der Waals surface area (Å²) in [5.41, 5.74) is 2.25. The Bertz CT molecular complexity index is 867. The molecule has 0 atom stereocenters. The van der Waals surface area contributed by atoms with Crippen LogP contribution in [-0.4, -0.2) is 19.0 Å². The third kappa shape index (κ3) is 2.94. The van der Waals surface area contributed by atoms with Gasteiger partial charge in [-0.2, -0.15) is 0 Å². The first kappa shape index (κ1) is 15.9. The molecule has 0 radical (unpaired) electrons. The molecular weight excluding hydrogens is 310 g/mol. The quantitative estimate of drug-likeness (QED) is 0.572. The minimum absolute atomic E-state index is 0.266. The zero-order valence-electron chi connectivity index (χ0n) is 13.0. The number of fused-ring (bicyclic) bond motifs is 1. The van der Waals surface area contributed by atoms with Crippen LogP contribution in [0, 0.1) is 12.7 Å². The number of thioether (sulfide) groups is 1. The van der Waals surface area contributed by atoms with Crippen molar-refractivity contribution < 1.29 is 14.1 Å². The van der Waals surface area contributed by atoms with Crippen molar-refractivity contribution in [2.75, 3.05) is 6.26 Å². The summed E-state index contributed by atoms with van der Waals surface area (Å²) >= 11 is 1.56. The fraction of sp³-hybridized carbons (Fsp3) is 0.111. The Morgan fingerprint density at radius 1 is 1.13 bits per heavy atom. The van der Waals surface area contributed by atoms with Crippen molar-refractivity contribution >= 4 is 30.2 Å². The second kappa shape index (κ2) is 6.65. The van der Waals surface area contributed by atoms with Crippen molar-refractivity contribution in [1.82, 2.24) is 0 Å². The number of halogens is 1. The molecule has 0 heterocycles. The molecule has 2 nitrogen and oxygen atoms in total.